The van der Waals surface area contributed by atoms with Crippen LogP contribution in [0.1, 0.15) is 43.4 Å². The number of alkyl halides is 3. The molecule has 1 N–H and O–H groups in total. The van der Waals surface area contributed by atoms with Crippen molar-refractivity contribution >= 4 is 0 Å². The van der Waals surface area contributed by atoms with Crippen molar-refractivity contribution in [2.45, 2.75) is 51.2 Å². The van der Waals surface area contributed by atoms with Crippen LogP contribution in [0.2, 0.25) is 0 Å². The first-order valence-electron chi connectivity index (χ1n) is 7.02. The first-order chi connectivity index (χ1) is 10.1. The number of hydrogen-bond donors (Lipinski definition) is 1. The zero-order valence-corrected chi connectivity index (χ0v) is 12.4. The van der Waals surface area contributed by atoms with E-state index in [1.165, 1.54) is 0 Å². The molecule has 1 aromatic rings. The average molecular weight is 318 g/mol. The second-order valence-corrected chi connectivity index (χ2v) is 5.64. The average Bonchev–Trinajstić information content (AvgIpc) is 2.76. The fourth-order valence-corrected chi connectivity index (χ4v) is 2.91. The molecule has 1 aliphatic rings. The minimum Gasteiger partial charge on any atom is -0.364 e. The fraction of sp³-hybridized carbons (Fsp3) is 0.500. The number of halogens is 4. The Balaban J connectivity index is 2.55. The molecule has 2 rings (SSSR count). The Morgan fingerprint density at radius 1 is 1.45 bits per heavy atom. The summed E-state index contributed by atoms with van der Waals surface area (Å²) in [6.07, 6.45) is -5.21. The summed E-state index contributed by atoms with van der Waals surface area (Å²) in [6, 6.07) is 1.59. The minimum atomic E-state index is -4.62. The molecular formula is C16H18F4O2. The molecule has 2 nitrogen and oxygen atoms in total. The van der Waals surface area contributed by atoms with E-state index in [0.29, 0.717) is 18.1 Å². The van der Waals surface area contributed by atoms with Gasteiger partial charge in [0.1, 0.15) is 5.82 Å². The summed E-state index contributed by atoms with van der Waals surface area (Å²) >= 11 is 0. The quantitative estimate of drug-likeness (QED) is 0.509. The number of rotatable bonds is 4. The maximum absolute atomic E-state index is 13.7. The summed E-state index contributed by atoms with van der Waals surface area (Å²) in [7, 11) is 0. The zero-order chi connectivity index (χ0) is 16.7. The largest absolute Gasteiger partial charge is 0.416 e. The zero-order valence-electron chi connectivity index (χ0n) is 12.4. The van der Waals surface area contributed by atoms with Gasteiger partial charge in [-0.05, 0) is 55.0 Å². The summed E-state index contributed by atoms with van der Waals surface area (Å²) in [5.41, 5.74) is -1.54. The van der Waals surface area contributed by atoms with Crippen LogP contribution in [-0.4, -0.2) is 11.4 Å². The molecule has 0 spiro atoms. The topological polar surface area (TPSA) is 29.5 Å². The highest BCUT2D eigenvalue weighted by atomic mass is 19.4. The van der Waals surface area contributed by atoms with Crippen LogP contribution in [0.5, 0.6) is 0 Å². The number of ether oxygens (including phenoxy) is 1. The molecule has 6 heteroatoms. The van der Waals surface area contributed by atoms with Gasteiger partial charge in [0.25, 0.3) is 0 Å². The van der Waals surface area contributed by atoms with E-state index in [-0.39, 0.29) is 24.0 Å². The number of hydrogen-bond acceptors (Lipinski definition) is 2. The van der Waals surface area contributed by atoms with E-state index in [2.05, 4.69) is 6.58 Å². The van der Waals surface area contributed by atoms with Gasteiger partial charge >= 0.3 is 6.18 Å². The van der Waals surface area contributed by atoms with E-state index >= 15 is 0 Å². The van der Waals surface area contributed by atoms with Crippen LogP contribution in [0.25, 0.3) is 0 Å². The first kappa shape index (κ1) is 17.0. The molecule has 2 atom stereocenters. The summed E-state index contributed by atoms with van der Waals surface area (Å²) < 4.78 is 58.6. The Bertz CT molecular complexity index is 595. The van der Waals surface area contributed by atoms with Crippen molar-refractivity contribution in [1.29, 1.82) is 0 Å². The van der Waals surface area contributed by atoms with Crippen LogP contribution in [0, 0.1) is 5.82 Å². The van der Waals surface area contributed by atoms with Crippen LogP contribution < -0.4 is 0 Å². The fourth-order valence-electron chi connectivity index (χ4n) is 2.91. The first-order valence-corrected chi connectivity index (χ1v) is 7.02. The van der Waals surface area contributed by atoms with Gasteiger partial charge in [0.2, 0.25) is 0 Å². The summed E-state index contributed by atoms with van der Waals surface area (Å²) in [4.78, 5) is 0. The van der Waals surface area contributed by atoms with Gasteiger partial charge in [0.15, 0.2) is 6.29 Å². The molecule has 22 heavy (non-hydrogen) atoms. The third-order valence-electron chi connectivity index (χ3n) is 4.12. The van der Waals surface area contributed by atoms with Gasteiger partial charge in [-0.25, -0.2) is 4.39 Å². The summed E-state index contributed by atoms with van der Waals surface area (Å²) in [5.74, 6) is -0.959. The summed E-state index contributed by atoms with van der Waals surface area (Å²) in [6.45, 7) is 6.85. The SMILES string of the molecule is C=C(C)C(O)OC1(CC)CCc2c(C(F)(F)F)cc(F)cc21. The van der Waals surface area contributed by atoms with Gasteiger partial charge in [0, 0.05) is 0 Å². The van der Waals surface area contributed by atoms with Gasteiger partial charge in [-0.3, -0.25) is 0 Å². The highest BCUT2D eigenvalue weighted by Crippen LogP contribution is 2.48. The molecule has 0 radical (unpaired) electrons. The Morgan fingerprint density at radius 2 is 2.09 bits per heavy atom. The predicted octanol–water partition coefficient (Wildman–Crippen LogP) is 4.31. The van der Waals surface area contributed by atoms with E-state index in [9.17, 15) is 22.7 Å². The van der Waals surface area contributed by atoms with E-state index < -0.39 is 29.4 Å². The van der Waals surface area contributed by atoms with Gasteiger partial charge in [0.05, 0.1) is 11.2 Å². The Kier molecular flexibility index (Phi) is 4.37. The molecule has 1 aromatic carbocycles. The third kappa shape index (κ3) is 2.90. The van der Waals surface area contributed by atoms with Crippen LogP contribution in [0.3, 0.4) is 0 Å². The second-order valence-electron chi connectivity index (χ2n) is 5.64. The lowest BCUT2D eigenvalue weighted by Gasteiger charge is -2.32. The number of aliphatic hydroxyl groups excluding tert-OH is 1. The molecule has 0 aromatic heterocycles. The van der Waals surface area contributed by atoms with Crippen LogP contribution in [0.15, 0.2) is 24.3 Å². The molecular weight excluding hydrogens is 300 g/mol. The lowest BCUT2D eigenvalue weighted by molar-refractivity contribution is -0.172. The van der Waals surface area contributed by atoms with E-state index in [0.717, 1.165) is 6.07 Å². The van der Waals surface area contributed by atoms with E-state index in [4.69, 9.17) is 4.74 Å². The Morgan fingerprint density at radius 3 is 2.59 bits per heavy atom. The minimum absolute atomic E-state index is 0.0460. The second kappa shape index (κ2) is 5.66. The van der Waals surface area contributed by atoms with Crippen molar-refractivity contribution in [3.05, 3.63) is 46.8 Å². The lowest BCUT2D eigenvalue weighted by Crippen LogP contribution is -2.32. The van der Waals surface area contributed by atoms with Crippen molar-refractivity contribution in [2.75, 3.05) is 0 Å². The van der Waals surface area contributed by atoms with E-state index in [1.54, 1.807) is 13.8 Å². The van der Waals surface area contributed by atoms with Crippen LogP contribution in [0.4, 0.5) is 17.6 Å². The molecule has 0 saturated heterocycles. The van der Waals surface area contributed by atoms with Crippen molar-refractivity contribution in [2.24, 2.45) is 0 Å². The molecule has 2 unspecified atom stereocenters. The van der Waals surface area contributed by atoms with Crippen LogP contribution >= 0.6 is 0 Å². The van der Waals surface area contributed by atoms with Crippen molar-refractivity contribution in [3.8, 4) is 0 Å². The molecule has 1 aliphatic carbocycles. The maximum atomic E-state index is 13.7. The Labute approximate surface area is 126 Å². The predicted molar refractivity (Wildman–Crippen MR) is 73.6 cm³/mol. The lowest BCUT2D eigenvalue weighted by atomic mass is 9.91. The van der Waals surface area contributed by atoms with Gasteiger partial charge in [-0.1, -0.05) is 13.5 Å². The normalized spacial score (nSPS) is 22.5. The molecule has 0 aliphatic heterocycles. The van der Waals surface area contributed by atoms with Crippen LogP contribution in [-0.2, 0) is 22.9 Å². The third-order valence-corrected chi connectivity index (χ3v) is 4.12. The Hall–Kier alpha value is -1.40. The number of benzene rings is 1. The number of aliphatic hydroxyl groups is 1. The molecule has 0 saturated carbocycles. The molecule has 0 fully saturated rings. The molecule has 0 amide bonds. The van der Waals surface area contributed by atoms with Crippen molar-refractivity contribution in [1.82, 2.24) is 0 Å². The van der Waals surface area contributed by atoms with Gasteiger partial charge in [-0.15, -0.1) is 0 Å². The standard InChI is InChI=1S/C16H18F4O2/c1-4-15(22-14(21)9(2)3)6-5-11-12(15)7-10(17)8-13(11)16(18,19)20/h7-8,14,21H,2,4-6H2,1,3H3. The maximum Gasteiger partial charge on any atom is 0.416 e. The molecule has 0 heterocycles. The van der Waals surface area contributed by atoms with Crippen molar-refractivity contribution < 1.29 is 27.4 Å². The smallest absolute Gasteiger partial charge is 0.364 e. The highest BCUT2D eigenvalue weighted by Gasteiger charge is 2.45. The van der Waals surface area contributed by atoms with Crippen molar-refractivity contribution in [3.63, 3.8) is 0 Å². The number of fused-ring (bicyclic) bond motifs is 1. The molecule has 0 bridgehead atoms. The highest BCUT2D eigenvalue weighted by molar-refractivity contribution is 5.45. The monoisotopic (exact) mass is 318 g/mol. The van der Waals surface area contributed by atoms with Gasteiger partial charge in [-0.2, -0.15) is 13.2 Å². The van der Waals surface area contributed by atoms with Gasteiger partial charge < -0.3 is 9.84 Å². The summed E-state index contributed by atoms with van der Waals surface area (Å²) in [5, 5.41) is 9.87. The van der Waals surface area contributed by atoms with E-state index in [1.807, 2.05) is 0 Å². The molecule has 122 valence electrons.